The maximum Gasteiger partial charge on any atom is 0.123 e. The molecule has 3 heteroatoms. The number of hydrogen-bond donors (Lipinski definition) is 2. The molecule has 0 radical (unpaired) electrons. The third-order valence-electron chi connectivity index (χ3n) is 3.25. The molecule has 0 amide bonds. The van der Waals surface area contributed by atoms with E-state index >= 15 is 0 Å². The van der Waals surface area contributed by atoms with E-state index in [1.807, 2.05) is 13.0 Å². The number of hydrogen-bond acceptors (Lipinski definition) is 2. The number of allylic oxidation sites excluding steroid dienone is 2. The van der Waals surface area contributed by atoms with Crippen molar-refractivity contribution in [2.24, 2.45) is 34.2 Å². The number of amidine groups is 1. The van der Waals surface area contributed by atoms with Gasteiger partial charge in [-0.2, -0.15) is 0 Å². The van der Waals surface area contributed by atoms with E-state index < -0.39 is 0 Å². The first-order chi connectivity index (χ1) is 7.92. The molecular weight excluding hydrogens is 210 g/mol. The molecule has 0 aliphatic rings. The van der Waals surface area contributed by atoms with Crippen molar-refractivity contribution in [1.29, 1.82) is 0 Å². The van der Waals surface area contributed by atoms with Gasteiger partial charge in [-0.05, 0) is 43.7 Å². The van der Waals surface area contributed by atoms with E-state index in [1.165, 1.54) is 0 Å². The number of aliphatic imine (C=N–C) groups is 1. The summed E-state index contributed by atoms with van der Waals surface area (Å²) in [4.78, 5) is 4.29. The molecule has 0 fully saturated rings. The summed E-state index contributed by atoms with van der Waals surface area (Å²) in [5, 5.41) is 0. The third kappa shape index (κ3) is 6.27. The number of nitrogens with zero attached hydrogens (tertiary/aromatic N) is 1. The second kappa shape index (κ2) is 8.07. The van der Waals surface area contributed by atoms with Crippen LogP contribution < -0.4 is 11.5 Å². The highest BCUT2D eigenvalue weighted by Gasteiger charge is 2.16. The predicted octanol–water partition coefficient (Wildman–Crippen LogP) is 2.69. The fourth-order valence-corrected chi connectivity index (χ4v) is 1.64. The van der Waals surface area contributed by atoms with Crippen LogP contribution in [0.25, 0.3) is 0 Å². The van der Waals surface area contributed by atoms with Crippen molar-refractivity contribution < 1.29 is 0 Å². The van der Waals surface area contributed by atoms with Crippen LogP contribution in [0, 0.1) is 17.8 Å². The van der Waals surface area contributed by atoms with Crippen molar-refractivity contribution in [2.75, 3.05) is 6.54 Å². The molecule has 3 unspecified atom stereocenters. The van der Waals surface area contributed by atoms with E-state index in [2.05, 4.69) is 32.3 Å². The van der Waals surface area contributed by atoms with Crippen molar-refractivity contribution in [3.63, 3.8) is 0 Å². The lowest BCUT2D eigenvalue weighted by Gasteiger charge is -2.22. The molecule has 0 spiro atoms. The zero-order chi connectivity index (χ0) is 13.4. The van der Waals surface area contributed by atoms with Crippen LogP contribution in [0.3, 0.4) is 0 Å². The zero-order valence-corrected chi connectivity index (χ0v) is 11.6. The molecule has 0 aromatic rings. The summed E-state index contributed by atoms with van der Waals surface area (Å²) in [5.41, 5.74) is 12.2. The Kier molecular flexibility index (Phi) is 7.55. The van der Waals surface area contributed by atoms with Gasteiger partial charge in [-0.25, -0.2) is 4.99 Å². The summed E-state index contributed by atoms with van der Waals surface area (Å²) in [6.45, 7) is 13.2. The van der Waals surface area contributed by atoms with Crippen molar-refractivity contribution in [1.82, 2.24) is 0 Å². The fourth-order valence-electron chi connectivity index (χ4n) is 1.64. The monoisotopic (exact) mass is 237 g/mol. The third-order valence-corrected chi connectivity index (χ3v) is 3.25. The number of nitrogens with two attached hydrogens (primary N) is 2. The molecule has 3 atom stereocenters. The topological polar surface area (TPSA) is 64.4 Å². The van der Waals surface area contributed by atoms with E-state index in [4.69, 9.17) is 11.5 Å². The van der Waals surface area contributed by atoms with Gasteiger partial charge in [0.2, 0.25) is 0 Å². The highest BCUT2D eigenvalue weighted by Crippen LogP contribution is 2.24. The summed E-state index contributed by atoms with van der Waals surface area (Å²) >= 11 is 0. The molecule has 0 aromatic heterocycles. The summed E-state index contributed by atoms with van der Waals surface area (Å²) < 4.78 is 0. The molecule has 0 heterocycles. The highest BCUT2D eigenvalue weighted by molar-refractivity contribution is 5.91. The Labute approximate surface area is 106 Å². The van der Waals surface area contributed by atoms with Gasteiger partial charge in [-0.15, -0.1) is 0 Å². The summed E-state index contributed by atoms with van der Waals surface area (Å²) in [7, 11) is 0. The van der Waals surface area contributed by atoms with Crippen LogP contribution in [0.15, 0.2) is 29.4 Å². The smallest absolute Gasteiger partial charge is 0.123 e. The Morgan fingerprint density at radius 2 is 1.88 bits per heavy atom. The van der Waals surface area contributed by atoms with Gasteiger partial charge in [0, 0.05) is 5.70 Å². The van der Waals surface area contributed by atoms with Gasteiger partial charge in [0.1, 0.15) is 5.84 Å². The summed E-state index contributed by atoms with van der Waals surface area (Å²) in [6, 6.07) is 0. The largest absolute Gasteiger partial charge is 0.384 e. The van der Waals surface area contributed by atoms with Gasteiger partial charge in [0.25, 0.3) is 0 Å². The maximum absolute atomic E-state index is 5.72. The Balaban J connectivity index is 4.37. The van der Waals surface area contributed by atoms with Crippen LogP contribution in [-0.4, -0.2) is 12.4 Å². The van der Waals surface area contributed by atoms with E-state index in [9.17, 15) is 0 Å². The van der Waals surface area contributed by atoms with E-state index in [-0.39, 0.29) is 0 Å². The standard InChI is InChI=1S/C14H27N3/c1-6-7-14(16)17-13(5)11(3)8-10(2)12(4)9-15/h6-7,10-12H,5,8-9,15H2,1-4H3,(H2,16,17)/b7-6-. The molecule has 0 aliphatic heterocycles. The molecule has 4 N–H and O–H groups in total. The second-order valence-electron chi connectivity index (χ2n) is 4.86. The number of rotatable bonds is 7. The molecular formula is C14H27N3. The molecule has 0 saturated heterocycles. The van der Waals surface area contributed by atoms with Crippen molar-refractivity contribution in [3.05, 3.63) is 24.4 Å². The minimum absolute atomic E-state index is 0.336. The quantitative estimate of drug-likeness (QED) is 0.528. The Hall–Kier alpha value is -1.09. The SMILES string of the molecule is C=C(/N=C(N)\C=C/C)C(C)CC(C)C(C)CN. The molecule has 0 aliphatic carbocycles. The summed E-state index contributed by atoms with van der Waals surface area (Å²) in [5.74, 6) is 1.96. The highest BCUT2D eigenvalue weighted by atomic mass is 14.9. The molecule has 0 rings (SSSR count). The van der Waals surface area contributed by atoms with Crippen molar-refractivity contribution in [3.8, 4) is 0 Å². The van der Waals surface area contributed by atoms with Gasteiger partial charge in [-0.3, -0.25) is 0 Å². The average Bonchev–Trinajstić information content (AvgIpc) is 2.27. The van der Waals surface area contributed by atoms with Crippen LogP contribution >= 0.6 is 0 Å². The van der Waals surface area contributed by atoms with Crippen LogP contribution in [0.2, 0.25) is 0 Å². The maximum atomic E-state index is 5.72. The van der Waals surface area contributed by atoms with Crippen LogP contribution in [-0.2, 0) is 0 Å². The molecule has 98 valence electrons. The lowest BCUT2D eigenvalue weighted by molar-refractivity contribution is 0.336. The normalized spacial score (nSPS) is 18.1. The first-order valence-corrected chi connectivity index (χ1v) is 6.28. The zero-order valence-electron chi connectivity index (χ0n) is 11.6. The Bertz CT molecular complexity index is 292. The van der Waals surface area contributed by atoms with E-state index in [0.717, 1.165) is 18.7 Å². The minimum atomic E-state index is 0.336. The van der Waals surface area contributed by atoms with Gasteiger partial charge < -0.3 is 11.5 Å². The van der Waals surface area contributed by atoms with Gasteiger partial charge in [-0.1, -0.05) is 33.4 Å². The Morgan fingerprint density at radius 1 is 1.29 bits per heavy atom. The Morgan fingerprint density at radius 3 is 2.35 bits per heavy atom. The molecule has 0 saturated carbocycles. The first-order valence-electron chi connectivity index (χ1n) is 6.28. The van der Waals surface area contributed by atoms with E-state index in [0.29, 0.717) is 23.6 Å². The van der Waals surface area contributed by atoms with Gasteiger partial charge >= 0.3 is 0 Å². The lowest BCUT2D eigenvalue weighted by atomic mass is 9.86. The van der Waals surface area contributed by atoms with Crippen molar-refractivity contribution in [2.45, 2.75) is 34.1 Å². The minimum Gasteiger partial charge on any atom is -0.384 e. The first kappa shape index (κ1) is 15.9. The molecule has 3 nitrogen and oxygen atoms in total. The molecule has 0 bridgehead atoms. The predicted molar refractivity (Wildman–Crippen MR) is 76.7 cm³/mol. The van der Waals surface area contributed by atoms with Gasteiger partial charge in [0.05, 0.1) is 0 Å². The molecule has 17 heavy (non-hydrogen) atoms. The van der Waals surface area contributed by atoms with E-state index in [1.54, 1.807) is 6.08 Å². The second-order valence-corrected chi connectivity index (χ2v) is 4.86. The van der Waals surface area contributed by atoms with Gasteiger partial charge in [0.15, 0.2) is 0 Å². The van der Waals surface area contributed by atoms with Crippen LogP contribution in [0.4, 0.5) is 0 Å². The van der Waals surface area contributed by atoms with Crippen LogP contribution in [0.5, 0.6) is 0 Å². The lowest BCUT2D eigenvalue weighted by Crippen LogP contribution is -2.20. The van der Waals surface area contributed by atoms with Crippen LogP contribution in [0.1, 0.15) is 34.1 Å². The van der Waals surface area contributed by atoms with Crippen molar-refractivity contribution >= 4 is 5.84 Å². The fraction of sp³-hybridized carbons (Fsp3) is 0.643. The summed E-state index contributed by atoms with van der Waals surface area (Å²) in [6.07, 6.45) is 4.70. The average molecular weight is 237 g/mol. The molecule has 0 aromatic carbocycles.